The molecule has 1 aliphatic heterocycles. The molecule has 160 valence electrons. The van der Waals surface area contributed by atoms with Crippen LogP contribution in [0.3, 0.4) is 0 Å². The van der Waals surface area contributed by atoms with Crippen LogP contribution in [0.5, 0.6) is 5.75 Å². The molecular formula is C25H23N5OS. The molecule has 0 aliphatic carbocycles. The van der Waals surface area contributed by atoms with E-state index in [-0.39, 0.29) is 12.1 Å². The third-order valence-electron chi connectivity index (χ3n) is 5.67. The lowest BCUT2D eigenvalue weighted by Gasteiger charge is -2.29. The Morgan fingerprint density at radius 1 is 1.03 bits per heavy atom. The van der Waals surface area contributed by atoms with Crippen LogP contribution in [0.2, 0.25) is 0 Å². The van der Waals surface area contributed by atoms with Crippen molar-refractivity contribution in [1.82, 2.24) is 19.9 Å². The topological polar surface area (TPSA) is 55.2 Å². The summed E-state index contributed by atoms with van der Waals surface area (Å²) >= 11 is 5.83. The summed E-state index contributed by atoms with van der Waals surface area (Å²) in [4.78, 5) is 11.1. The molecule has 1 N–H and O–H groups in total. The van der Waals surface area contributed by atoms with E-state index >= 15 is 0 Å². The van der Waals surface area contributed by atoms with Crippen LogP contribution in [-0.4, -0.2) is 26.8 Å². The van der Waals surface area contributed by atoms with Crippen LogP contribution in [0, 0.1) is 0 Å². The zero-order valence-corrected chi connectivity index (χ0v) is 18.4. The van der Waals surface area contributed by atoms with Gasteiger partial charge in [0.2, 0.25) is 0 Å². The van der Waals surface area contributed by atoms with Gasteiger partial charge in [-0.1, -0.05) is 18.2 Å². The summed E-state index contributed by atoms with van der Waals surface area (Å²) in [6.07, 6.45) is 7.61. The molecule has 32 heavy (non-hydrogen) atoms. The zero-order valence-electron chi connectivity index (χ0n) is 17.6. The number of anilines is 1. The largest absolute Gasteiger partial charge is 0.497 e. The van der Waals surface area contributed by atoms with Crippen molar-refractivity contribution in [3.05, 3.63) is 108 Å². The van der Waals surface area contributed by atoms with Gasteiger partial charge in [-0.25, -0.2) is 0 Å². The lowest BCUT2D eigenvalue weighted by molar-refractivity contribution is 0.414. The van der Waals surface area contributed by atoms with Gasteiger partial charge in [0, 0.05) is 48.8 Å². The van der Waals surface area contributed by atoms with Gasteiger partial charge < -0.3 is 19.5 Å². The van der Waals surface area contributed by atoms with Gasteiger partial charge in [0.1, 0.15) is 11.8 Å². The predicted octanol–water partition coefficient (Wildman–Crippen LogP) is 4.51. The molecule has 1 aliphatic rings. The maximum absolute atomic E-state index is 5.83. The first-order valence-electron chi connectivity index (χ1n) is 10.4. The predicted molar refractivity (Wildman–Crippen MR) is 129 cm³/mol. The highest BCUT2D eigenvalue weighted by atomic mass is 32.1. The van der Waals surface area contributed by atoms with Gasteiger partial charge >= 0.3 is 0 Å². The molecule has 7 heteroatoms. The van der Waals surface area contributed by atoms with Crippen LogP contribution in [0.25, 0.3) is 0 Å². The zero-order chi connectivity index (χ0) is 21.9. The van der Waals surface area contributed by atoms with Gasteiger partial charge in [0.15, 0.2) is 5.11 Å². The molecule has 5 rings (SSSR count). The number of pyridine rings is 2. The number of nitrogens with one attached hydrogen (secondary N) is 1. The maximum atomic E-state index is 5.83. The van der Waals surface area contributed by atoms with Gasteiger partial charge in [-0.05, 0) is 60.2 Å². The number of methoxy groups -OCH3 is 1. The van der Waals surface area contributed by atoms with Crippen LogP contribution in [0.4, 0.5) is 5.69 Å². The van der Waals surface area contributed by atoms with Crippen LogP contribution in [0.1, 0.15) is 29.0 Å². The van der Waals surface area contributed by atoms with Crippen molar-refractivity contribution in [3.63, 3.8) is 0 Å². The molecule has 0 spiro atoms. The first kappa shape index (κ1) is 20.2. The van der Waals surface area contributed by atoms with Gasteiger partial charge in [-0.2, -0.15) is 0 Å². The molecule has 0 radical (unpaired) electrons. The second kappa shape index (κ2) is 8.80. The van der Waals surface area contributed by atoms with Crippen molar-refractivity contribution < 1.29 is 4.74 Å². The monoisotopic (exact) mass is 441 g/mol. The fraction of sp³-hybridized carbons (Fsp3) is 0.160. The number of nitrogens with zero attached hydrogens (tertiary/aromatic N) is 4. The lowest BCUT2D eigenvalue weighted by Crippen LogP contribution is -2.30. The number of hydrogen-bond donors (Lipinski definition) is 1. The summed E-state index contributed by atoms with van der Waals surface area (Å²) in [5, 5.41) is 4.17. The van der Waals surface area contributed by atoms with Gasteiger partial charge in [-0.3, -0.25) is 9.97 Å². The highest BCUT2D eigenvalue weighted by Crippen LogP contribution is 2.42. The summed E-state index contributed by atoms with van der Waals surface area (Å²) in [6.45, 7) is 0.723. The minimum absolute atomic E-state index is 0.0869. The van der Waals surface area contributed by atoms with E-state index < -0.39 is 0 Å². The SMILES string of the molecule is COc1cccc(N2C(=S)N[C@H](c3ccccn3)[C@H]2c2cccn2Cc2cccnc2)c1. The number of hydrogen-bond acceptors (Lipinski definition) is 4. The summed E-state index contributed by atoms with van der Waals surface area (Å²) < 4.78 is 7.73. The highest BCUT2D eigenvalue weighted by molar-refractivity contribution is 7.80. The Morgan fingerprint density at radius 3 is 2.75 bits per heavy atom. The van der Waals surface area contributed by atoms with Crippen molar-refractivity contribution >= 4 is 23.0 Å². The number of aromatic nitrogens is 3. The van der Waals surface area contributed by atoms with E-state index in [0.717, 1.165) is 34.9 Å². The highest BCUT2D eigenvalue weighted by Gasteiger charge is 2.42. The Labute approximate surface area is 192 Å². The van der Waals surface area contributed by atoms with E-state index in [2.05, 4.69) is 55.2 Å². The first-order valence-corrected chi connectivity index (χ1v) is 10.8. The molecule has 1 aromatic carbocycles. The van der Waals surface area contributed by atoms with Crippen molar-refractivity contribution in [2.75, 3.05) is 12.0 Å². The minimum atomic E-state index is -0.0996. The molecule has 0 amide bonds. The van der Waals surface area contributed by atoms with Gasteiger partial charge in [0.05, 0.1) is 18.8 Å². The Hall–Kier alpha value is -3.71. The number of ether oxygens (including phenoxy) is 1. The minimum Gasteiger partial charge on any atom is -0.497 e. The second-order valence-electron chi connectivity index (χ2n) is 7.62. The Balaban J connectivity index is 1.60. The number of benzene rings is 1. The smallest absolute Gasteiger partial charge is 0.174 e. The third-order valence-corrected chi connectivity index (χ3v) is 5.99. The molecular weight excluding hydrogens is 418 g/mol. The maximum Gasteiger partial charge on any atom is 0.174 e. The average Bonchev–Trinajstić information content (AvgIpc) is 3.43. The normalized spacial score (nSPS) is 17.9. The molecule has 1 saturated heterocycles. The Morgan fingerprint density at radius 2 is 1.97 bits per heavy atom. The van der Waals surface area contributed by atoms with E-state index in [1.807, 2.05) is 54.9 Å². The fourth-order valence-corrected chi connectivity index (χ4v) is 4.57. The summed E-state index contributed by atoms with van der Waals surface area (Å²) in [5.74, 6) is 0.788. The molecule has 3 aromatic heterocycles. The Bertz CT molecular complexity index is 1210. The van der Waals surface area contributed by atoms with Crippen molar-refractivity contribution in [1.29, 1.82) is 0 Å². The molecule has 0 unspecified atom stereocenters. The summed E-state index contributed by atoms with van der Waals surface area (Å²) in [5.41, 5.74) is 4.19. The molecule has 0 bridgehead atoms. The molecule has 0 saturated carbocycles. The summed E-state index contributed by atoms with van der Waals surface area (Å²) in [7, 11) is 1.67. The van der Waals surface area contributed by atoms with Gasteiger partial charge in [-0.15, -0.1) is 0 Å². The molecule has 4 aromatic rings. The van der Waals surface area contributed by atoms with E-state index in [1.165, 1.54) is 0 Å². The van der Waals surface area contributed by atoms with Crippen LogP contribution < -0.4 is 15.0 Å². The molecule has 1 fully saturated rings. The van der Waals surface area contributed by atoms with Crippen LogP contribution in [0.15, 0.2) is 91.5 Å². The average molecular weight is 442 g/mol. The molecule has 4 heterocycles. The van der Waals surface area contributed by atoms with Crippen LogP contribution >= 0.6 is 12.2 Å². The lowest BCUT2D eigenvalue weighted by atomic mass is 10.0. The van der Waals surface area contributed by atoms with E-state index in [1.54, 1.807) is 13.3 Å². The van der Waals surface area contributed by atoms with Crippen molar-refractivity contribution in [2.24, 2.45) is 0 Å². The van der Waals surface area contributed by atoms with Crippen LogP contribution in [-0.2, 0) is 6.54 Å². The first-order chi connectivity index (χ1) is 15.7. The number of rotatable bonds is 6. The number of thiocarbonyl (C=S) groups is 1. The molecule has 6 nitrogen and oxygen atoms in total. The van der Waals surface area contributed by atoms with Gasteiger partial charge in [0.25, 0.3) is 0 Å². The van der Waals surface area contributed by atoms with E-state index in [4.69, 9.17) is 17.0 Å². The Kier molecular flexibility index (Phi) is 5.56. The van der Waals surface area contributed by atoms with Crippen molar-refractivity contribution in [2.45, 2.75) is 18.6 Å². The quantitative estimate of drug-likeness (QED) is 0.444. The van der Waals surface area contributed by atoms with Crippen molar-refractivity contribution in [3.8, 4) is 5.75 Å². The van der Waals surface area contributed by atoms with E-state index in [9.17, 15) is 0 Å². The molecule has 2 atom stereocenters. The van der Waals surface area contributed by atoms with E-state index in [0.29, 0.717) is 5.11 Å². The summed E-state index contributed by atoms with van der Waals surface area (Å²) in [6, 6.07) is 22.0. The second-order valence-corrected chi connectivity index (χ2v) is 8.01. The fourth-order valence-electron chi connectivity index (χ4n) is 4.22. The standard InChI is InChI=1S/C25H23N5OS/c1-31-20-9-4-8-19(15-20)30-24(23(28-25(30)32)21-10-2-3-13-27-21)22-11-6-14-29(22)17-18-7-5-12-26-16-18/h2-16,23-24H,17H2,1H3,(H,28,32)/t23-,24-/m1/s1. The third kappa shape index (κ3) is 3.83.